The summed E-state index contributed by atoms with van der Waals surface area (Å²) in [5.74, 6) is -0.0546. The van der Waals surface area contributed by atoms with Gasteiger partial charge in [0, 0.05) is 6.42 Å². The lowest BCUT2D eigenvalue weighted by molar-refractivity contribution is -0.123. The van der Waals surface area contributed by atoms with Crippen LogP contribution >= 0.6 is 0 Å². The minimum Gasteiger partial charge on any atom is -0.394 e. The molecule has 0 aromatic rings. The molecule has 0 bridgehead atoms. The largest absolute Gasteiger partial charge is 0.394 e. The number of unbranched alkanes of at least 4 members (excludes halogenated alkanes) is 58. The Kier molecular flexibility index (Phi) is 69.6. The Bertz CT molecular complexity index is 1210. The van der Waals surface area contributed by atoms with Crippen LogP contribution in [0.25, 0.3) is 0 Å². The van der Waals surface area contributed by atoms with E-state index in [1.165, 1.54) is 366 Å². The number of allylic oxidation sites excluding steroid dienone is 5. The van der Waals surface area contributed by atoms with E-state index in [-0.39, 0.29) is 12.5 Å². The summed E-state index contributed by atoms with van der Waals surface area (Å²) in [5, 5.41) is 23.3. The Morgan fingerprint density at radius 3 is 0.759 bits per heavy atom. The summed E-state index contributed by atoms with van der Waals surface area (Å²) in [6, 6.07) is -0.622. The van der Waals surface area contributed by atoms with Crippen LogP contribution < -0.4 is 5.32 Å². The van der Waals surface area contributed by atoms with Gasteiger partial charge in [0.25, 0.3) is 0 Å². The molecule has 4 heteroatoms. The molecule has 0 heterocycles. The number of carbonyl (C=O) groups is 1. The second kappa shape index (κ2) is 70.9. The van der Waals surface area contributed by atoms with Gasteiger partial charge in [-0.15, -0.1) is 0 Å². The highest BCUT2D eigenvalue weighted by Gasteiger charge is 2.18. The van der Waals surface area contributed by atoms with Gasteiger partial charge in [-0.1, -0.05) is 397 Å². The van der Waals surface area contributed by atoms with E-state index >= 15 is 0 Å². The number of rotatable bonds is 69. The van der Waals surface area contributed by atoms with E-state index in [0.717, 1.165) is 32.1 Å². The zero-order valence-corrected chi connectivity index (χ0v) is 54.2. The highest BCUT2D eigenvalue weighted by atomic mass is 16.3. The average Bonchev–Trinajstić information content (AvgIpc) is 3.45. The summed E-state index contributed by atoms with van der Waals surface area (Å²) in [6.07, 6.45) is 98.3. The molecule has 0 aliphatic rings. The molecule has 0 aliphatic carbocycles. The molecule has 468 valence electrons. The maximum absolute atomic E-state index is 12.6. The van der Waals surface area contributed by atoms with Gasteiger partial charge in [-0.3, -0.25) is 4.79 Å². The van der Waals surface area contributed by atoms with Crippen LogP contribution in [-0.2, 0) is 4.79 Å². The molecule has 2 atom stereocenters. The highest BCUT2D eigenvalue weighted by molar-refractivity contribution is 5.76. The minimum atomic E-state index is -0.840. The summed E-state index contributed by atoms with van der Waals surface area (Å²) < 4.78 is 0. The number of hydrogen-bond donors (Lipinski definition) is 3. The second-order valence-electron chi connectivity index (χ2n) is 25.4. The number of aliphatic hydroxyl groups is 2. The van der Waals surface area contributed by atoms with Gasteiger partial charge in [-0.2, -0.15) is 0 Å². The molecule has 0 aromatic carbocycles. The van der Waals surface area contributed by atoms with Crippen LogP contribution in [-0.4, -0.2) is 34.9 Å². The summed E-state index contributed by atoms with van der Waals surface area (Å²) in [4.78, 5) is 12.6. The van der Waals surface area contributed by atoms with Gasteiger partial charge in [0.15, 0.2) is 0 Å². The van der Waals surface area contributed by atoms with Crippen molar-refractivity contribution < 1.29 is 15.0 Å². The summed E-state index contributed by atoms with van der Waals surface area (Å²) in [5.41, 5.74) is 0. The van der Waals surface area contributed by atoms with Crippen molar-refractivity contribution in [1.29, 1.82) is 0 Å². The Hall–Kier alpha value is -1.39. The predicted molar refractivity (Wildman–Crippen MR) is 355 cm³/mol. The van der Waals surface area contributed by atoms with Crippen molar-refractivity contribution in [1.82, 2.24) is 5.32 Å². The normalized spacial score (nSPS) is 12.8. The maximum Gasteiger partial charge on any atom is 0.220 e. The molecule has 1 amide bonds. The zero-order valence-electron chi connectivity index (χ0n) is 54.2. The van der Waals surface area contributed by atoms with Gasteiger partial charge in [-0.05, 0) is 51.4 Å². The Morgan fingerprint density at radius 2 is 0.519 bits per heavy atom. The molecule has 0 radical (unpaired) electrons. The van der Waals surface area contributed by atoms with Crippen molar-refractivity contribution in [2.75, 3.05) is 6.61 Å². The smallest absolute Gasteiger partial charge is 0.220 e. The number of carbonyl (C=O) groups excluding carboxylic acids is 1. The lowest BCUT2D eigenvalue weighted by Crippen LogP contribution is -2.45. The van der Waals surface area contributed by atoms with Gasteiger partial charge in [0.05, 0.1) is 18.8 Å². The minimum absolute atomic E-state index is 0.0546. The van der Waals surface area contributed by atoms with Gasteiger partial charge in [0.2, 0.25) is 5.91 Å². The topological polar surface area (TPSA) is 69.6 Å². The van der Waals surface area contributed by atoms with Crippen LogP contribution in [0.5, 0.6) is 0 Å². The van der Waals surface area contributed by atoms with Gasteiger partial charge in [-0.25, -0.2) is 0 Å². The fraction of sp³-hybridized carbons (Fsp3) is 0.907. The van der Waals surface area contributed by atoms with Crippen molar-refractivity contribution in [3.8, 4) is 0 Å². The van der Waals surface area contributed by atoms with Crippen LogP contribution in [0.2, 0.25) is 0 Å². The quantitative estimate of drug-likeness (QED) is 0.0420. The SMILES string of the molecule is CCCCCCC/C=C\C/C=C\CCCCCCCCCCCCCCCCCCCCCCCCCC(=O)NC(CO)C(O)/C=C/CCCCCCCCCCCCCCCCCCCCCCCCCCCCCCCC. The summed E-state index contributed by atoms with van der Waals surface area (Å²) in [6.45, 7) is 4.35. The number of hydrogen-bond acceptors (Lipinski definition) is 3. The highest BCUT2D eigenvalue weighted by Crippen LogP contribution is 2.20. The molecule has 0 spiro atoms. The first kappa shape index (κ1) is 77.6. The van der Waals surface area contributed by atoms with Crippen LogP contribution in [0.4, 0.5) is 0 Å². The molecule has 79 heavy (non-hydrogen) atoms. The molecular formula is C75H145NO3. The fourth-order valence-corrected chi connectivity index (χ4v) is 11.8. The summed E-state index contributed by atoms with van der Waals surface area (Å²) in [7, 11) is 0. The van der Waals surface area contributed by atoms with Crippen LogP contribution in [0.1, 0.15) is 418 Å². The van der Waals surface area contributed by atoms with Crippen molar-refractivity contribution in [2.24, 2.45) is 0 Å². The molecule has 0 saturated heterocycles. The van der Waals surface area contributed by atoms with E-state index in [0.29, 0.717) is 6.42 Å². The summed E-state index contributed by atoms with van der Waals surface area (Å²) >= 11 is 0. The molecule has 0 saturated carbocycles. The van der Waals surface area contributed by atoms with E-state index in [1.54, 1.807) is 6.08 Å². The van der Waals surface area contributed by atoms with Gasteiger partial charge in [0.1, 0.15) is 0 Å². The molecule has 0 rings (SSSR count). The van der Waals surface area contributed by atoms with Crippen molar-refractivity contribution in [3.05, 3.63) is 36.5 Å². The Morgan fingerprint density at radius 1 is 0.304 bits per heavy atom. The first-order chi connectivity index (χ1) is 39.2. The second-order valence-corrected chi connectivity index (χ2v) is 25.4. The predicted octanol–water partition coefficient (Wildman–Crippen LogP) is 25.1. The van der Waals surface area contributed by atoms with Crippen LogP contribution in [0.3, 0.4) is 0 Å². The number of amides is 1. The van der Waals surface area contributed by atoms with Crippen LogP contribution in [0, 0.1) is 0 Å². The molecule has 0 aliphatic heterocycles. The molecular weight excluding hydrogens is 963 g/mol. The lowest BCUT2D eigenvalue weighted by atomic mass is 10.0. The van der Waals surface area contributed by atoms with Crippen molar-refractivity contribution in [2.45, 2.75) is 431 Å². The zero-order chi connectivity index (χ0) is 56.9. The third-order valence-corrected chi connectivity index (χ3v) is 17.4. The lowest BCUT2D eigenvalue weighted by Gasteiger charge is -2.20. The van der Waals surface area contributed by atoms with E-state index in [4.69, 9.17) is 0 Å². The monoisotopic (exact) mass is 1110 g/mol. The van der Waals surface area contributed by atoms with Crippen molar-refractivity contribution in [3.63, 3.8) is 0 Å². The van der Waals surface area contributed by atoms with E-state index in [2.05, 4.69) is 43.5 Å². The molecule has 0 aromatic heterocycles. The molecule has 2 unspecified atom stereocenters. The molecule has 0 fully saturated rings. The Labute approximate surface area is 497 Å². The molecule has 3 N–H and O–H groups in total. The van der Waals surface area contributed by atoms with E-state index in [1.807, 2.05) is 6.08 Å². The van der Waals surface area contributed by atoms with Crippen molar-refractivity contribution >= 4 is 5.91 Å². The average molecular weight is 1110 g/mol. The maximum atomic E-state index is 12.6. The van der Waals surface area contributed by atoms with E-state index < -0.39 is 12.1 Å². The van der Waals surface area contributed by atoms with Gasteiger partial charge < -0.3 is 15.5 Å². The first-order valence-electron chi connectivity index (χ1n) is 36.7. The van der Waals surface area contributed by atoms with Crippen LogP contribution in [0.15, 0.2) is 36.5 Å². The fourth-order valence-electron chi connectivity index (χ4n) is 11.8. The van der Waals surface area contributed by atoms with Gasteiger partial charge >= 0.3 is 0 Å². The first-order valence-corrected chi connectivity index (χ1v) is 36.7. The third kappa shape index (κ3) is 67.3. The Balaban J connectivity index is 3.40. The third-order valence-electron chi connectivity index (χ3n) is 17.4. The number of aliphatic hydroxyl groups excluding tert-OH is 2. The number of nitrogens with one attached hydrogen (secondary N) is 1. The molecule has 4 nitrogen and oxygen atoms in total. The standard InChI is InChI=1S/C75H145NO3/c1-3-5-7-9-11-13-15-17-19-21-23-25-27-29-31-33-35-37-38-39-41-43-45-47-49-51-53-55-57-59-61-63-65-67-69-71-75(79)76-73(72-77)74(78)70-68-66-64-62-60-58-56-54-52-50-48-46-44-42-40-36-34-32-30-28-26-24-22-20-18-16-14-12-10-8-6-4-2/h15,17,21,23,68,70,73-74,77-78H,3-14,16,18-20,22,24-67,69,71-72H2,1-2H3,(H,76,79)/b17-15-,23-21-,70-68+. The van der Waals surface area contributed by atoms with E-state index in [9.17, 15) is 15.0 Å².